The van der Waals surface area contributed by atoms with Gasteiger partial charge in [0, 0.05) is 38.9 Å². The third-order valence-electron chi connectivity index (χ3n) is 6.54. The van der Waals surface area contributed by atoms with Crippen LogP contribution in [0.15, 0.2) is 36.4 Å². The minimum absolute atomic E-state index is 0.368. The maximum Gasteiger partial charge on any atom is 0.337 e. The van der Waals surface area contributed by atoms with Crippen LogP contribution in [0.4, 0.5) is 11.4 Å². The van der Waals surface area contributed by atoms with E-state index < -0.39 is 0 Å². The van der Waals surface area contributed by atoms with Crippen molar-refractivity contribution in [3.05, 3.63) is 42.0 Å². The second kappa shape index (κ2) is 15.4. The third kappa shape index (κ3) is 8.41. The van der Waals surface area contributed by atoms with Crippen molar-refractivity contribution in [2.24, 2.45) is 5.92 Å². The number of rotatable bonds is 15. The zero-order chi connectivity index (χ0) is 28.2. The lowest BCUT2D eigenvalue weighted by Crippen LogP contribution is -2.30. The molecule has 0 saturated heterocycles. The molecule has 0 amide bonds. The van der Waals surface area contributed by atoms with E-state index in [0.717, 1.165) is 85.5 Å². The second-order valence-electron chi connectivity index (χ2n) is 10.1. The van der Waals surface area contributed by atoms with Crippen LogP contribution in [0.2, 0.25) is 0 Å². The minimum atomic E-state index is -0.368. The Morgan fingerprint density at radius 1 is 1.10 bits per heavy atom. The van der Waals surface area contributed by atoms with Crippen molar-refractivity contribution in [1.82, 2.24) is 14.9 Å². The number of anilines is 2. The smallest absolute Gasteiger partial charge is 0.337 e. The predicted octanol–water partition coefficient (Wildman–Crippen LogP) is 6.46. The number of imidazole rings is 1. The molecule has 39 heavy (non-hydrogen) atoms. The molecule has 3 N–H and O–H groups in total. The van der Waals surface area contributed by atoms with Crippen LogP contribution in [0.5, 0.6) is 0 Å². The molecule has 3 aromatic rings. The molecule has 0 fully saturated rings. The molecule has 0 bridgehead atoms. The molecule has 0 aliphatic rings. The first-order chi connectivity index (χ1) is 18.9. The first-order valence-corrected chi connectivity index (χ1v) is 14.3. The number of aryl methyl sites for hydroxylation is 1. The summed E-state index contributed by atoms with van der Waals surface area (Å²) >= 11 is 5.60. The van der Waals surface area contributed by atoms with Crippen molar-refractivity contribution in [2.75, 3.05) is 44.5 Å². The van der Waals surface area contributed by atoms with Gasteiger partial charge in [-0.2, -0.15) is 0 Å². The van der Waals surface area contributed by atoms with Crippen LogP contribution in [0.1, 0.15) is 63.2 Å². The van der Waals surface area contributed by atoms with Gasteiger partial charge in [-0.15, -0.1) is 0 Å². The van der Waals surface area contributed by atoms with Gasteiger partial charge in [0.25, 0.3) is 0 Å². The number of esters is 1. The van der Waals surface area contributed by atoms with E-state index in [0.29, 0.717) is 23.2 Å². The summed E-state index contributed by atoms with van der Waals surface area (Å²) in [6, 6.07) is 11.7. The summed E-state index contributed by atoms with van der Waals surface area (Å²) in [5.41, 5.74) is 5.09. The number of thiocarbonyl (C=S) groups is 1. The molecular formula is C30H43N5O3S. The summed E-state index contributed by atoms with van der Waals surface area (Å²) in [6.45, 7) is 9.70. The largest absolute Gasteiger partial charge is 0.465 e. The maximum absolute atomic E-state index is 12.2. The second-order valence-corrected chi connectivity index (χ2v) is 10.5. The number of benzene rings is 2. The molecule has 0 saturated carbocycles. The Morgan fingerprint density at radius 2 is 1.92 bits per heavy atom. The first kappa shape index (κ1) is 30.4. The van der Waals surface area contributed by atoms with Gasteiger partial charge in [-0.1, -0.05) is 39.7 Å². The van der Waals surface area contributed by atoms with Gasteiger partial charge in [0.1, 0.15) is 5.82 Å². The Balaban J connectivity index is 2.06. The standard InChI is InChI=1S/C30H43N5O3S/c1-6-7-8-18-35-26-14-13-22(29(36)38-5)20-25(26)33-28(35)23-11-9-12-24(27(23)31-17-15-21(2)3)34-30(39)32-16-10-19-37-4/h9,11-14,20-21,31H,6-8,10,15-19H2,1-5H3,(H2,32,34,39). The lowest BCUT2D eigenvalue weighted by Gasteiger charge is -2.20. The number of carbonyl (C=O) groups is 1. The molecule has 0 aliphatic heterocycles. The molecule has 0 atom stereocenters. The van der Waals surface area contributed by atoms with Crippen LogP contribution >= 0.6 is 12.2 Å². The number of unbranched alkanes of at least 4 members (excludes halogenated alkanes) is 2. The Hall–Kier alpha value is -3.17. The first-order valence-electron chi connectivity index (χ1n) is 13.9. The fourth-order valence-corrected chi connectivity index (χ4v) is 4.64. The van der Waals surface area contributed by atoms with E-state index >= 15 is 0 Å². The lowest BCUT2D eigenvalue weighted by molar-refractivity contribution is 0.0601. The topological polar surface area (TPSA) is 89.4 Å². The van der Waals surface area contributed by atoms with Crippen LogP contribution in [0.3, 0.4) is 0 Å². The van der Waals surface area contributed by atoms with Crippen molar-refractivity contribution in [2.45, 2.75) is 59.4 Å². The number of aromatic nitrogens is 2. The van der Waals surface area contributed by atoms with Crippen LogP contribution < -0.4 is 16.0 Å². The van der Waals surface area contributed by atoms with Crippen molar-refractivity contribution >= 4 is 45.7 Å². The highest BCUT2D eigenvalue weighted by molar-refractivity contribution is 7.80. The Kier molecular flexibility index (Phi) is 12.0. The number of hydrogen-bond donors (Lipinski definition) is 3. The van der Waals surface area contributed by atoms with E-state index in [1.807, 2.05) is 30.3 Å². The van der Waals surface area contributed by atoms with E-state index in [2.05, 4.69) is 47.4 Å². The SMILES string of the molecule is CCCCCn1c(-c2cccc(NC(=S)NCCCOC)c2NCCC(C)C)nc2cc(C(=O)OC)ccc21. The monoisotopic (exact) mass is 553 g/mol. The normalized spacial score (nSPS) is 11.1. The van der Waals surface area contributed by atoms with E-state index in [-0.39, 0.29) is 5.97 Å². The zero-order valence-electron chi connectivity index (χ0n) is 23.9. The summed E-state index contributed by atoms with van der Waals surface area (Å²) in [6.07, 6.45) is 5.20. The van der Waals surface area contributed by atoms with Crippen molar-refractivity contribution in [3.8, 4) is 11.4 Å². The molecule has 0 aliphatic carbocycles. The number of hydrogen-bond acceptors (Lipinski definition) is 6. The molecule has 0 unspecified atom stereocenters. The van der Waals surface area contributed by atoms with Crippen molar-refractivity contribution < 1.29 is 14.3 Å². The Bertz CT molecular complexity index is 1240. The number of methoxy groups -OCH3 is 2. The average molecular weight is 554 g/mol. The summed E-state index contributed by atoms with van der Waals surface area (Å²) in [5, 5.41) is 10.9. The quantitative estimate of drug-likeness (QED) is 0.112. The molecule has 9 heteroatoms. The van der Waals surface area contributed by atoms with Gasteiger partial charge in [-0.05, 0) is 67.7 Å². The van der Waals surface area contributed by atoms with Gasteiger partial charge < -0.3 is 30.0 Å². The molecule has 1 aromatic heterocycles. The van der Waals surface area contributed by atoms with Gasteiger partial charge in [0.2, 0.25) is 0 Å². The summed E-state index contributed by atoms with van der Waals surface area (Å²) in [7, 11) is 3.09. The van der Waals surface area contributed by atoms with Crippen LogP contribution in [-0.2, 0) is 16.0 Å². The van der Waals surface area contributed by atoms with Crippen LogP contribution in [-0.4, -0.2) is 54.5 Å². The summed E-state index contributed by atoms with van der Waals surface area (Å²) < 4.78 is 12.3. The van der Waals surface area contributed by atoms with E-state index in [9.17, 15) is 4.79 Å². The van der Waals surface area contributed by atoms with Gasteiger partial charge in [-0.25, -0.2) is 9.78 Å². The number of fused-ring (bicyclic) bond motifs is 1. The highest BCUT2D eigenvalue weighted by Crippen LogP contribution is 2.36. The van der Waals surface area contributed by atoms with E-state index in [4.69, 9.17) is 26.7 Å². The summed E-state index contributed by atoms with van der Waals surface area (Å²) in [5.74, 6) is 1.06. The highest BCUT2D eigenvalue weighted by atomic mass is 32.1. The fraction of sp³-hybridized carbons (Fsp3) is 0.500. The third-order valence-corrected chi connectivity index (χ3v) is 6.79. The molecule has 212 valence electrons. The lowest BCUT2D eigenvalue weighted by atomic mass is 10.1. The number of nitrogens with one attached hydrogen (secondary N) is 3. The average Bonchev–Trinajstić information content (AvgIpc) is 3.28. The molecule has 2 aromatic carbocycles. The number of nitrogens with zero attached hydrogens (tertiary/aromatic N) is 2. The summed E-state index contributed by atoms with van der Waals surface area (Å²) in [4.78, 5) is 17.3. The van der Waals surface area contributed by atoms with Gasteiger partial charge in [-0.3, -0.25) is 0 Å². The molecule has 0 spiro atoms. The van der Waals surface area contributed by atoms with Crippen LogP contribution in [0.25, 0.3) is 22.4 Å². The Morgan fingerprint density at radius 3 is 2.64 bits per heavy atom. The molecule has 0 radical (unpaired) electrons. The number of para-hydroxylation sites is 1. The molecular weight excluding hydrogens is 510 g/mol. The van der Waals surface area contributed by atoms with E-state index in [1.54, 1.807) is 7.11 Å². The molecule has 3 rings (SSSR count). The number of ether oxygens (including phenoxy) is 2. The van der Waals surface area contributed by atoms with E-state index in [1.165, 1.54) is 7.11 Å². The van der Waals surface area contributed by atoms with Gasteiger partial charge in [0.15, 0.2) is 5.11 Å². The molecule has 1 heterocycles. The Labute approximate surface area is 237 Å². The minimum Gasteiger partial charge on any atom is -0.465 e. The number of carbonyl (C=O) groups excluding carboxylic acids is 1. The van der Waals surface area contributed by atoms with Gasteiger partial charge >= 0.3 is 5.97 Å². The zero-order valence-corrected chi connectivity index (χ0v) is 24.7. The van der Waals surface area contributed by atoms with Crippen LogP contribution in [0, 0.1) is 5.92 Å². The van der Waals surface area contributed by atoms with Gasteiger partial charge in [0.05, 0.1) is 35.1 Å². The van der Waals surface area contributed by atoms with Crippen molar-refractivity contribution in [1.29, 1.82) is 0 Å². The predicted molar refractivity (Wildman–Crippen MR) is 165 cm³/mol. The maximum atomic E-state index is 12.2. The molecule has 8 nitrogen and oxygen atoms in total. The van der Waals surface area contributed by atoms with Crippen molar-refractivity contribution in [3.63, 3.8) is 0 Å². The highest BCUT2D eigenvalue weighted by Gasteiger charge is 2.20. The fourth-order valence-electron chi connectivity index (χ4n) is 4.43.